The van der Waals surface area contributed by atoms with Gasteiger partial charge in [-0.15, -0.1) is 34.7 Å². The van der Waals surface area contributed by atoms with Crippen molar-refractivity contribution >= 4 is 89.1 Å². The Labute approximate surface area is 289 Å². The number of para-hydroxylation sites is 4. The fraction of sp³-hybridized carbons (Fsp3) is 0.0294. The number of hydrogen-bond donors (Lipinski definition) is 0. The molecule has 0 atom stereocenters. The van der Waals surface area contributed by atoms with Gasteiger partial charge in [0.05, 0.1) is 27.7 Å². The van der Waals surface area contributed by atoms with Crippen molar-refractivity contribution in [1.82, 2.24) is 9.97 Å². The van der Waals surface area contributed by atoms with Crippen molar-refractivity contribution in [3.05, 3.63) is 138 Å². The average Bonchev–Trinajstić information content (AvgIpc) is 3.05. The van der Waals surface area contributed by atoms with Gasteiger partial charge in [0, 0.05) is 35.6 Å². The number of nitrogens with zero attached hydrogens (tertiary/aromatic N) is 5. The van der Waals surface area contributed by atoms with Crippen molar-refractivity contribution < 1.29 is 27.3 Å². The maximum atomic E-state index is 11.6. The zero-order chi connectivity index (χ0) is 31.6. The largest absolute Gasteiger partial charge is 0.872 e. The van der Waals surface area contributed by atoms with Crippen LogP contribution in [0.3, 0.4) is 0 Å². The minimum atomic E-state index is -0.0283. The minimum Gasteiger partial charge on any atom is -0.872 e. The quantitative estimate of drug-likeness (QED) is 0.108. The van der Waals surface area contributed by atoms with Crippen LogP contribution in [-0.4, -0.2) is 48.0 Å². The molecule has 1 radical (unpaired) electrons. The van der Waals surface area contributed by atoms with Gasteiger partial charge in [0.2, 0.25) is 0 Å². The number of pyridine rings is 2. The van der Waals surface area contributed by atoms with Crippen LogP contribution in [0.1, 0.15) is 11.1 Å². The maximum Gasteiger partial charge on any atom is 0.0958 e. The fourth-order valence-corrected chi connectivity index (χ4v) is 3.84. The second kappa shape index (κ2) is 20.7. The van der Waals surface area contributed by atoms with E-state index in [1.807, 2.05) is 72.8 Å². The third-order valence-corrected chi connectivity index (χ3v) is 5.75. The number of alkyl halides is 2. The van der Waals surface area contributed by atoms with Gasteiger partial charge in [0.15, 0.2) is 0 Å². The monoisotopic (exact) mass is 740 g/mol. The average molecular weight is 740 g/mol. The Kier molecular flexibility index (Phi) is 17.1. The summed E-state index contributed by atoms with van der Waals surface area (Å²) in [5, 5.41) is 32.7. The molecule has 0 saturated carbocycles. The second-order valence-corrected chi connectivity index (χ2v) is 9.68. The normalized spacial score (nSPS) is 10.0. The third kappa shape index (κ3) is 11.7. The van der Waals surface area contributed by atoms with Gasteiger partial charge in [-0.05, 0) is 35.4 Å². The molecule has 225 valence electrons. The van der Waals surface area contributed by atoms with Gasteiger partial charge >= 0.3 is 42.8 Å². The Morgan fingerprint density at radius 3 is 1.38 bits per heavy atom. The van der Waals surface area contributed by atoms with E-state index >= 15 is 0 Å². The van der Waals surface area contributed by atoms with E-state index < -0.39 is 0 Å². The molecular formula is C34H24Cl2FeN5O2Se. The van der Waals surface area contributed by atoms with Gasteiger partial charge in [0.1, 0.15) is 0 Å². The van der Waals surface area contributed by atoms with Crippen molar-refractivity contribution in [2.45, 2.75) is 0 Å². The first-order valence-corrected chi connectivity index (χ1v) is 14.9. The van der Waals surface area contributed by atoms with Crippen molar-refractivity contribution in [2.24, 2.45) is 9.98 Å². The summed E-state index contributed by atoms with van der Waals surface area (Å²) >= 11 is 11.6. The van der Waals surface area contributed by atoms with E-state index in [9.17, 15) is 10.2 Å². The van der Waals surface area contributed by atoms with Crippen LogP contribution in [0.15, 0.2) is 132 Å². The summed E-state index contributed by atoms with van der Waals surface area (Å²) in [6, 6.07) is 33.0. The van der Waals surface area contributed by atoms with E-state index in [4.69, 9.17) is 28.6 Å². The minimum absolute atomic E-state index is 0. The summed E-state index contributed by atoms with van der Waals surface area (Å²) in [7, 11) is 0. The molecule has 7 nitrogen and oxygen atoms in total. The molecule has 0 aliphatic rings. The van der Waals surface area contributed by atoms with E-state index in [2.05, 4.69) is 35.5 Å². The van der Waals surface area contributed by atoms with E-state index in [0.717, 1.165) is 33.2 Å². The molecule has 4 aromatic carbocycles. The summed E-state index contributed by atoms with van der Waals surface area (Å²) < 4.78 is 1.62. The van der Waals surface area contributed by atoms with Crippen molar-refractivity contribution in [1.29, 1.82) is 0 Å². The summed E-state index contributed by atoms with van der Waals surface area (Å²) in [5.41, 5.74) is 4.36. The summed E-state index contributed by atoms with van der Waals surface area (Å²) in [6.45, 7) is 0. The van der Waals surface area contributed by atoms with Crippen LogP contribution in [0.2, 0.25) is 0 Å². The predicted octanol–water partition coefficient (Wildman–Crippen LogP) is 7.17. The second-order valence-electron chi connectivity index (χ2n) is 8.49. The SMILES string of the molecule is ClCCl.[Fe+3].[N-]=C=[Se].[O-]c1ccccc1C=Nc1cccc2cccnc12.[O-]c1ccccc1C=Nc1cccc2cccnc12. The number of benzene rings is 4. The van der Waals surface area contributed by atoms with Crippen LogP contribution in [0.25, 0.3) is 27.2 Å². The van der Waals surface area contributed by atoms with Crippen LogP contribution in [0.5, 0.6) is 11.5 Å². The Bertz CT molecular complexity index is 1760. The topological polar surface area (TPSA) is 119 Å². The molecule has 6 rings (SSSR count). The summed E-state index contributed by atoms with van der Waals surface area (Å²) in [6.07, 6.45) is 6.66. The molecule has 0 N–H and O–H groups in total. The van der Waals surface area contributed by atoms with Gasteiger partial charge in [0.25, 0.3) is 0 Å². The standard InChI is InChI=1S/2C16H12N2O.CH2Cl2.CNSe.Fe/c2*19-15-9-2-1-5-13(15)11-18-14-8-3-6-12-7-4-10-17-16(12)14;2*2-1-3;/h2*1-11,19H;1H2;;/q;;;-1;+3/p-2. The smallest absolute Gasteiger partial charge is 0.0958 e. The fourth-order valence-electron chi connectivity index (χ4n) is 3.84. The van der Waals surface area contributed by atoms with Gasteiger partial charge in [-0.2, -0.15) is 0 Å². The number of hydrogen-bond acceptors (Lipinski definition) is 6. The molecule has 0 bridgehead atoms. The number of aromatic nitrogens is 2. The predicted molar refractivity (Wildman–Crippen MR) is 180 cm³/mol. The molecule has 0 unspecified atom stereocenters. The molecule has 11 heteroatoms. The van der Waals surface area contributed by atoms with Crippen LogP contribution in [-0.2, 0) is 17.1 Å². The molecule has 0 aliphatic heterocycles. The molecule has 0 fully saturated rings. The van der Waals surface area contributed by atoms with E-state index in [0.29, 0.717) is 11.1 Å². The maximum absolute atomic E-state index is 11.6. The Morgan fingerprint density at radius 1 is 0.644 bits per heavy atom. The number of aliphatic imine (C=N–C) groups is 2. The van der Waals surface area contributed by atoms with Gasteiger partial charge < -0.3 is 10.2 Å². The van der Waals surface area contributed by atoms with Crippen molar-refractivity contribution in [3.8, 4) is 11.5 Å². The van der Waals surface area contributed by atoms with Crippen molar-refractivity contribution in [3.63, 3.8) is 0 Å². The molecule has 45 heavy (non-hydrogen) atoms. The van der Waals surface area contributed by atoms with Crippen LogP contribution < -0.4 is 10.2 Å². The molecule has 2 heterocycles. The van der Waals surface area contributed by atoms with Crippen molar-refractivity contribution in [2.75, 3.05) is 5.34 Å². The molecule has 0 amide bonds. The summed E-state index contributed by atoms with van der Waals surface area (Å²) in [4.78, 5) is 17.4. The molecule has 2 aromatic heterocycles. The number of fused-ring (bicyclic) bond motifs is 2. The Balaban J connectivity index is 0.000000262. The molecule has 0 spiro atoms. The van der Waals surface area contributed by atoms with Crippen LogP contribution in [0, 0.1) is 0 Å². The third-order valence-electron chi connectivity index (χ3n) is 5.75. The molecule has 6 aromatic rings. The van der Waals surface area contributed by atoms with Gasteiger partial charge in [-0.3, -0.25) is 20.0 Å². The first-order chi connectivity index (χ1) is 21.5. The molecule has 0 aliphatic carbocycles. The number of rotatable bonds is 4. The molecule has 0 saturated heterocycles. The zero-order valence-corrected chi connectivity index (χ0v) is 27.8. The van der Waals surface area contributed by atoms with Gasteiger partial charge in [-0.1, -0.05) is 84.9 Å². The Morgan fingerprint density at radius 2 is 1.00 bits per heavy atom. The molecular weight excluding hydrogens is 716 g/mol. The van der Waals surface area contributed by atoms with Crippen LogP contribution >= 0.6 is 23.2 Å². The van der Waals surface area contributed by atoms with Crippen LogP contribution in [0.4, 0.5) is 11.4 Å². The van der Waals surface area contributed by atoms with E-state index in [-0.39, 0.29) is 33.9 Å². The Hall–Kier alpha value is -4.16. The first kappa shape index (κ1) is 37.0. The number of halogens is 2. The van der Waals surface area contributed by atoms with Gasteiger partial charge in [-0.25, -0.2) is 0 Å². The van der Waals surface area contributed by atoms with E-state index in [1.54, 1.807) is 53.8 Å². The first-order valence-electron chi connectivity index (χ1n) is 12.9. The summed E-state index contributed by atoms with van der Waals surface area (Å²) in [5.74, 6) is -0.0566. The zero-order valence-electron chi connectivity index (χ0n) is 23.5. The van der Waals surface area contributed by atoms with E-state index in [1.165, 1.54) is 12.1 Å².